The maximum absolute atomic E-state index is 12.8. The summed E-state index contributed by atoms with van der Waals surface area (Å²) in [4.78, 5) is 38.0. The van der Waals surface area contributed by atoms with Gasteiger partial charge in [0.1, 0.15) is 13.2 Å². The van der Waals surface area contributed by atoms with Crippen LogP contribution in [0, 0.1) is 0 Å². The molecule has 0 saturated carbocycles. The number of hydrogen-bond acceptors (Lipinski definition) is 6. The number of hydrogen-bond donors (Lipinski definition) is 0. The van der Waals surface area contributed by atoms with Crippen LogP contribution in [0.25, 0.3) is 0 Å². The molecule has 0 N–H and O–H groups in total. The van der Waals surface area contributed by atoms with Crippen molar-refractivity contribution in [3.63, 3.8) is 0 Å². The smallest absolute Gasteiger partial charge is 0.306 e. The van der Waals surface area contributed by atoms with E-state index in [2.05, 4.69) is 69.4 Å². The van der Waals surface area contributed by atoms with Gasteiger partial charge in [-0.2, -0.15) is 0 Å². The van der Waals surface area contributed by atoms with Crippen molar-refractivity contribution in [1.82, 2.24) is 0 Å². The number of rotatable bonds is 47. The van der Waals surface area contributed by atoms with Gasteiger partial charge in [-0.3, -0.25) is 14.4 Å². The Balaban J connectivity index is 4.40. The second-order valence-corrected chi connectivity index (χ2v) is 17.4. The molecule has 6 heteroatoms. The number of unbranched alkanes of at least 4 members (excludes halogenated alkanes) is 28. The molecule has 0 aromatic heterocycles. The second-order valence-electron chi connectivity index (χ2n) is 17.4. The molecule has 0 rings (SSSR count). The third kappa shape index (κ3) is 48.3. The lowest BCUT2D eigenvalue weighted by Crippen LogP contribution is -2.30. The molecule has 0 saturated heterocycles. The second kappa shape index (κ2) is 50.0. The van der Waals surface area contributed by atoms with E-state index in [1.165, 1.54) is 128 Å². The molecule has 0 amide bonds. The summed E-state index contributed by atoms with van der Waals surface area (Å²) in [5.74, 6) is -0.893. The van der Waals surface area contributed by atoms with Crippen molar-refractivity contribution in [2.45, 2.75) is 271 Å². The van der Waals surface area contributed by atoms with E-state index in [4.69, 9.17) is 14.2 Å². The molecule has 0 aliphatic heterocycles. The number of allylic oxidation sites excluding steroid dienone is 8. The van der Waals surface area contributed by atoms with Crippen LogP contribution in [-0.2, 0) is 28.6 Å². The van der Waals surface area contributed by atoms with E-state index in [-0.39, 0.29) is 31.1 Å². The highest BCUT2D eigenvalue weighted by molar-refractivity contribution is 5.71. The maximum Gasteiger partial charge on any atom is 0.306 e. The molecule has 61 heavy (non-hydrogen) atoms. The van der Waals surface area contributed by atoms with Crippen LogP contribution in [0.2, 0.25) is 0 Å². The zero-order valence-electron chi connectivity index (χ0n) is 40.4. The topological polar surface area (TPSA) is 78.9 Å². The fourth-order valence-corrected chi connectivity index (χ4v) is 7.43. The standard InChI is InChI=1S/C55H98O6/c1-4-7-10-13-16-19-22-25-26-27-28-31-34-37-40-43-46-49-55(58)61-52(50-59-53(56)47-44-41-38-35-32-29-23-20-17-14-11-8-5-2)51-60-54(57)48-45-42-39-36-33-30-24-21-18-15-12-9-6-3/h7,10,16,19,25-26,28,31,52H,4-6,8-9,11-15,17-18,20-24,27,29-30,32-51H2,1-3H3/b10-7-,19-16-,26-25-,31-28-. The van der Waals surface area contributed by atoms with Gasteiger partial charge >= 0.3 is 17.9 Å². The van der Waals surface area contributed by atoms with Crippen LogP contribution in [0.3, 0.4) is 0 Å². The Morgan fingerprint density at radius 1 is 0.344 bits per heavy atom. The SMILES string of the molecule is CC/C=C\C/C=C\C/C=C\C/C=C\CCCCCCC(=O)OC(COC(=O)CCCCCCCCCCCCCCC)COC(=O)CCCCCCCCCCCCCCC. The molecule has 0 aromatic carbocycles. The van der Waals surface area contributed by atoms with Crippen LogP contribution in [0.5, 0.6) is 0 Å². The molecule has 0 fully saturated rings. The minimum absolute atomic E-state index is 0.0795. The summed E-state index contributed by atoms with van der Waals surface area (Å²) in [6.45, 7) is 6.52. The van der Waals surface area contributed by atoms with Crippen LogP contribution < -0.4 is 0 Å². The van der Waals surface area contributed by atoms with E-state index in [1.54, 1.807) is 0 Å². The lowest BCUT2D eigenvalue weighted by atomic mass is 10.0. The van der Waals surface area contributed by atoms with Crippen molar-refractivity contribution in [2.24, 2.45) is 0 Å². The monoisotopic (exact) mass is 855 g/mol. The van der Waals surface area contributed by atoms with Crippen molar-refractivity contribution in [2.75, 3.05) is 13.2 Å². The minimum atomic E-state index is -0.781. The van der Waals surface area contributed by atoms with Crippen LogP contribution >= 0.6 is 0 Å². The molecule has 0 spiro atoms. The molecule has 0 radical (unpaired) electrons. The molecular weight excluding hydrogens is 757 g/mol. The van der Waals surface area contributed by atoms with Crippen LogP contribution in [0.4, 0.5) is 0 Å². The van der Waals surface area contributed by atoms with Gasteiger partial charge in [-0.15, -0.1) is 0 Å². The Labute approximate surface area is 378 Å². The highest BCUT2D eigenvalue weighted by Crippen LogP contribution is 2.16. The van der Waals surface area contributed by atoms with Crippen LogP contribution in [0.1, 0.15) is 265 Å². The molecule has 0 bridgehead atoms. The molecule has 6 nitrogen and oxygen atoms in total. The lowest BCUT2D eigenvalue weighted by Gasteiger charge is -2.18. The molecule has 354 valence electrons. The van der Waals surface area contributed by atoms with Gasteiger partial charge < -0.3 is 14.2 Å². The lowest BCUT2D eigenvalue weighted by molar-refractivity contribution is -0.167. The van der Waals surface area contributed by atoms with Crippen molar-refractivity contribution in [1.29, 1.82) is 0 Å². The Kier molecular flexibility index (Phi) is 47.9. The summed E-state index contributed by atoms with van der Waals surface area (Å²) in [5.41, 5.74) is 0. The van der Waals surface area contributed by atoms with Gasteiger partial charge in [0.25, 0.3) is 0 Å². The first-order chi connectivity index (χ1) is 30.0. The fourth-order valence-electron chi connectivity index (χ4n) is 7.43. The molecule has 0 atom stereocenters. The van der Waals surface area contributed by atoms with Gasteiger partial charge in [-0.05, 0) is 57.8 Å². The summed E-state index contributed by atoms with van der Waals surface area (Å²) in [5, 5.41) is 0. The molecule has 0 unspecified atom stereocenters. The number of carbonyl (C=O) groups is 3. The van der Waals surface area contributed by atoms with Gasteiger partial charge in [0, 0.05) is 19.3 Å². The van der Waals surface area contributed by atoms with E-state index >= 15 is 0 Å². The summed E-state index contributed by atoms with van der Waals surface area (Å²) >= 11 is 0. The summed E-state index contributed by atoms with van der Waals surface area (Å²) < 4.78 is 16.8. The van der Waals surface area contributed by atoms with Crippen molar-refractivity contribution < 1.29 is 28.6 Å². The Morgan fingerprint density at radius 2 is 0.639 bits per heavy atom. The average molecular weight is 855 g/mol. The Morgan fingerprint density at radius 3 is 1.00 bits per heavy atom. The van der Waals surface area contributed by atoms with E-state index < -0.39 is 6.10 Å². The average Bonchev–Trinajstić information content (AvgIpc) is 3.26. The van der Waals surface area contributed by atoms with Gasteiger partial charge in [0.05, 0.1) is 0 Å². The molecule has 0 aliphatic carbocycles. The molecule has 0 aliphatic rings. The van der Waals surface area contributed by atoms with E-state index in [0.717, 1.165) is 96.3 Å². The normalized spacial score (nSPS) is 11.9. The van der Waals surface area contributed by atoms with Crippen molar-refractivity contribution in [3.8, 4) is 0 Å². The van der Waals surface area contributed by atoms with Gasteiger partial charge in [-0.1, -0.05) is 236 Å². The quantitative estimate of drug-likeness (QED) is 0.0263. The fraction of sp³-hybridized carbons (Fsp3) is 0.800. The van der Waals surface area contributed by atoms with E-state index in [1.807, 2.05) is 0 Å². The highest BCUT2D eigenvalue weighted by atomic mass is 16.6. The van der Waals surface area contributed by atoms with Gasteiger partial charge in [-0.25, -0.2) is 0 Å². The third-order valence-electron chi connectivity index (χ3n) is 11.3. The van der Waals surface area contributed by atoms with E-state index in [9.17, 15) is 14.4 Å². The predicted molar refractivity (Wildman–Crippen MR) is 261 cm³/mol. The minimum Gasteiger partial charge on any atom is -0.462 e. The zero-order valence-corrected chi connectivity index (χ0v) is 40.4. The molecule has 0 aromatic rings. The van der Waals surface area contributed by atoms with Crippen molar-refractivity contribution in [3.05, 3.63) is 48.6 Å². The largest absolute Gasteiger partial charge is 0.462 e. The highest BCUT2D eigenvalue weighted by Gasteiger charge is 2.19. The summed E-state index contributed by atoms with van der Waals surface area (Å²) in [6.07, 6.45) is 59.5. The van der Waals surface area contributed by atoms with Crippen molar-refractivity contribution >= 4 is 17.9 Å². The number of ether oxygens (including phenoxy) is 3. The van der Waals surface area contributed by atoms with Gasteiger partial charge in [0.15, 0.2) is 6.10 Å². The maximum atomic E-state index is 12.8. The van der Waals surface area contributed by atoms with Gasteiger partial charge in [0.2, 0.25) is 0 Å². The van der Waals surface area contributed by atoms with Crippen LogP contribution in [0.15, 0.2) is 48.6 Å². The Hall–Kier alpha value is -2.63. The first-order valence-electron chi connectivity index (χ1n) is 26.1. The van der Waals surface area contributed by atoms with E-state index in [0.29, 0.717) is 19.3 Å². The molecule has 0 heterocycles. The van der Waals surface area contributed by atoms with Crippen LogP contribution in [-0.4, -0.2) is 37.2 Å². The first-order valence-corrected chi connectivity index (χ1v) is 26.1. The number of esters is 3. The number of carbonyl (C=O) groups excluding carboxylic acids is 3. The molecular formula is C55H98O6. The first kappa shape index (κ1) is 58.4. The third-order valence-corrected chi connectivity index (χ3v) is 11.3. The summed E-state index contributed by atoms with van der Waals surface area (Å²) in [7, 11) is 0. The summed E-state index contributed by atoms with van der Waals surface area (Å²) in [6, 6.07) is 0. The predicted octanol–water partition coefficient (Wildman–Crippen LogP) is 17.1. The zero-order chi connectivity index (χ0) is 44.4. The Bertz CT molecular complexity index is 1030.